The molecule has 1 N–H and O–H groups in total. The fourth-order valence-electron chi connectivity index (χ4n) is 3.87. The lowest BCUT2D eigenvalue weighted by Gasteiger charge is -2.25. The van der Waals surface area contributed by atoms with E-state index in [9.17, 15) is 19.5 Å². The van der Waals surface area contributed by atoms with Gasteiger partial charge in [-0.3, -0.25) is 14.4 Å². The summed E-state index contributed by atoms with van der Waals surface area (Å²) < 4.78 is 15.6. The third kappa shape index (κ3) is 5.06. The highest BCUT2D eigenvalue weighted by Crippen LogP contribution is 2.41. The predicted molar refractivity (Wildman–Crippen MR) is 121 cm³/mol. The zero-order valence-corrected chi connectivity index (χ0v) is 19.1. The van der Waals surface area contributed by atoms with Crippen molar-refractivity contribution in [3.8, 4) is 11.5 Å². The second-order valence-electron chi connectivity index (χ2n) is 7.71. The number of rotatable bonds is 8. The third-order valence-electron chi connectivity index (χ3n) is 5.35. The maximum Gasteiger partial charge on any atom is 0.308 e. The van der Waals surface area contributed by atoms with E-state index in [-0.39, 0.29) is 17.9 Å². The number of likely N-dealkylation sites (tertiary alicyclic amines) is 1. The summed E-state index contributed by atoms with van der Waals surface area (Å²) in [6.45, 7) is 3.82. The monoisotopic (exact) mass is 453 g/mol. The number of hydrogen-bond acceptors (Lipinski definition) is 7. The number of ether oxygens (including phenoxy) is 3. The van der Waals surface area contributed by atoms with Gasteiger partial charge < -0.3 is 24.2 Å². The van der Waals surface area contributed by atoms with Crippen molar-refractivity contribution < 1.29 is 33.7 Å². The Morgan fingerprint density at radius 3 is 2.39 bits per heavy atom. The number of aliphatic hydroxyl groups excluding tert-OH is 1. The van der Waals surface area contributed by atoms with Crippen LogP contribution in [0.15, 0.2) is 48.0 Å². The van der Waals surface area contributed by atoms with Crippen molar-refractivity contribution in [2.24, 2.45) is 0 Å². The number of aliphatic hydroxyl groups is 1. The van der Waals surface area contributed by atoms with Gasteiger partial charge in [-0.1, -0.05) is 23.8 Å². The van der Waals surface area contributed by atoms with E-state index in [0.717, 1.165) is 5.56 Å². The Hall–Kier alpha value is -3.65. The minimum absolute atomic E-state index is 0.0263. The van der Waals surface area contributed by atoms with Crippen LogP contribution in [0.25, 0.3) is 5.76 Å². The van der Waals surface area contributed by atoms with Crippen molar-refractivity contribution in [1.29, 1.82) is 0 Å². The minimum atomic E-state index is -0.821. The molecule has 1 aliphatic rings. The molecule has 1 heterocycles. The van der Waals surface area contributed by atoms with Gasteiger partial charge in [0.15, 0.2) is 0 Å². The molecule has 0 bridgehead atoms. The van der Waals surface area contributed by atoms with Gasteiger partial charge in [-0.05, 0) is 43.2 Å². The van der Waals surface area contributed by atoms with Gasteiger partial charge in [0.05, 0.1) is 24.3 Å². The van der Waals surface area contributed by atoms with Gasteiger partial charge in [-0.25, -0.2) is 0 Å². The summed E-state index contributed by atoms with van der Waals surface area (Å²) in [5, 5.41) is 11.2. The lowest BCUT2D eigenvalue weighted by atomic mass is 9.94. The molecule has 8 nitrogen and oxygen atoms in total. The Morgan fingerprint density at radius 1 is 1.09 bits per heavy atom. The summed E-state index contributed by atoms with van der Waals surface area (Å²) >= 11 is 0. The van der Waals surface area contributed by atoms with E-state index in [0.29, 0.717) is 35.7 Å². The van der Waals surface area contributed by atoms with Crippen molar-refractivity contribution in [2.45, 2.75) is 26.3 Å². The Morgan fingerprint density at radius 2 is 1.79 bits per heavy atom. The highest BCUT2D eigenvalue weighted by molar-refractivity contribution is 6.46. The SMILES string of the molecule is COCCCN1C(=O)C(=O)/C(=C(/O)c2cc(C)ccc2OC)C1c1ccc(OC(C)=O)cc1. The summed E-state index contributed by atoms with van der Waals surface area (Å²) in [5.41, 5.74) is 1.75. The van der Waals surface area contributed by atoms with Crippen LogP contribution in [0.5, 0.6) is 11.5 Å². The van der Waals surface area contributed by atoms with Crippen LogP contribution in [0.4, 0.5) is 0 Å². The van der Waals surface area contributed by atoms with Gasteiger partial charge in [0, 0.05) is 27.2 Å². The molecule has 1 unspecified atom stereocenters. The van der Waals surface area contributed by atoms with Crippen LogP contribution >= 0.6 is 0 Å². The lowest BCUT2D eigenvalue weighted by Crippen LogP contribution is -2.31. The first-order valence-corrected chi connectivity index (χ1v) is 10.5. The van der Waals surface area contributed by atoms with Crippen LogP contribution in [0.3, 0.4) is 0 Å². The fourth-order valence-corrected chi connectivity index (χ4v) is 3.87. The van der Waals surface area contributed by atoms with Gasteiger partial charge in [0.1, 0.15) is 17.3 Å². The summed E-state index contributed by atoms with van der Waals surface area (Å²) in [6, 6.07) is 10.9. The van der Waals surface area contributed by atoms with Crippen LogP contribution in [0.2, 0.25) is 0 Å². The van der Waals surface area contributed by atoms with Crippen LogP contribution in [-0.4, -0.2) is 55.0 Å². The molecule has 2 aromatic carbocycles. The average Bonchev–Trinajstić information content (AvgIpc) is 3.04. The number of benzene rings is 2. The highest BCUT2D eigenvalue weighted by Gasteiger charge is 2.46. The van der Waals surface area contributed by atoms with Gasteiger partial charge in [0.2, 0.25) is 0 Å². The van der Waals surface area contributed by atoms with E-state index >= 15 is 0 Å². The molecule has 1 atom stereocenters. The van der Waals surface area contributed by atoms with Crippen LogP contribution in [-0.2, 0) is 19.1 Å². The van der Waals surface area contributed by atoms with Crippen molar-refractivity contribution in [2.75, 3.05) is 27.4 Å². The molecule has 1 fully saturated rings. The molecule has 0 saturated carbocycles. The molecular formula is C25H27NO7. The smallest absolute Gasteiger partial charge is 0.308 e. The van der Waals surface area contributed by atoms with E-state index in [1.165, 1.54) is 18.9 Å². The molecule has 3 rings (SSSR count). The van der Waals surface area contributed by atoms with Crippen molar-refractivity contribution >= 4 is 23.4 Å². The number of esters is 1. The third-order valence-corrected chi connectivity index (χ3v) is 5.35. The molecule has 1 saturated heterocycles. The summed E-state index contributed by atoms with van der Waals surface area (Å²) in [4.78, 5) is 38.7. The molecular weight excluding hydrogens is 426 g/mol. The second-order valence-corrected chi connectivity index (χ2v) is 7.71. The number of aryl methyl sites for hydroxylation is 1. The van der Waals surface area contributed by atoms with E-state index in [1.807, 2.05) is 13.0 Å². The number of amides is 1. The van der Waals surface area contributed by atoms with Gasteiger partial charge >= 0.3 is 5.97 Å². The molecule has 2 aromatic rings. The first-order valence-electron chi connectivity index (χ1n) is 10.5. The number of carbonyl (C=O) groups is 3. The second kappa shape index (κ2) is 10.3. The Labute approximate surface area is 192 Å². The molecule has 0 aliphatic carbocycles. The normalized spacial score (nSPS) is 17.3. The molecule has 0 radical (unpaired) electrons. The maximum absolute atomic E-state index is 13.1. The summed E-state index contributed by atoms with van der Waals surface area (Å²) in [6.07, 6.45) is 0.513. The van der Waals surface area contributed by atoms with Crippen molar-refractivity contribution in [1.82, 2.24) is 4.90 Å². The zero-order chi connectivity index (χ0) is 24.1. The molecule has 174 valence electrons. The first kappa shape index (κ1) is 24.0. The van der Waals surface area contributed by atoms with E-state index < -0.39 is 23.7 Å². The average molecular weight is 453 g/mol. The van der Waals surface area contributed by atoms with Crippen molar-refractivity contribution in [3.63, 3.8) is 0 Å². The zero-order valence-electron chi connectivity index (χ0n) is 19.1. The topological polar surface area (TPSA) is 102 Å². The molecule has 0 aromatic heterocycles. The van der Waals surface area contributed by atoms with E-state index in [1.54, 1.807) is 43.5 Å². The van der Waals surface area contributed by atoms with Crippen LogP contribution in [0, 0.1) is 6.92 Å². The fraction of sp³-hybridized carbons (Fsp3) is 0.320. The number of methoxy groups -OCH3 is 2. The van der Waals surface area contributed by atoms with Gasteiger partial charge in [-0.15, -0.1) is 0 Å². The quantitative estimate of drug-likeness (QED) is 0.163. The Bertz CT molecular complexity index is 1090. The number of ketones is 1. The predicted octanol–water partition coefficient (Wildman–Crippen LogP) is 3.39. The highest BCUT2D eigenvalue weighted by atomic mass is 16.5. The van der Waals surface area contributed by atoms with Crippen LogP contribution < -0.4 is 9.47 Å². The molecule has 33 heavy (non-hydrogen) atoms. The first-order chi connectivity index (χ1) is 15.8. The largest absolute Gasteiger partial charge is 0.507 e. The lowest BCUT2D eigenvalue weighted by molar-refractivity contribution is -0.140. The van der Waals surface area contributed by atoms with Gasteiger partial charge in [0.25, 0.3) is 11.7 Å². The van der Waals surface area contributed by atoms with Crippen LogP contribution in [0.1, 0.15) is 36.1 Å². The standard InChI is InChI=1S/C25H27NO7/c1-15-6-11-20(32-4)19(14-15)23(28)21-22(17-7-9-18(10-8-17)33-16(2)27)26(12-5-13-31-3)25(30)24(21)29/h6-11,14,22,28H,5,12-13H2,1-4H3/b23-21+. The summed E-state index contributed by atoms with van der Waals surface area (Å²) in [7, 11) is 3.03. The summed E-state index contributed by atoms with van der Waals surface area (Å²) in [5.74, 6) is -1.52. The molecule has 1 amide bonds. The number of carbonyl (C=O) groups excluding carboxylic acids is 3. The van der Waals surface area contributed by atoms with E-state index in [4.69, 9.17) is 14.2 Å². The number of Topliss-reactive ketones (excluding diaryl/α,β-unsaturated/α-hetero) is 1. The van der Waals surface area contributed by atoms with Gasteiger partial charge in [-0.2, -0.15) is 0 Å². The maximum atomic E-state index is 13.1. The number of hydrogen-bond donors (Lipinski definition) is 1. The molecule has 1 aliphatic heterocycles. The molecule has 0 spiro atoms. The Balaban J connectivity index is 2.14. The van der Waals surface area contributed by atoms with E-state index in [2.05, 4.69) is 0 Å². The number of nitrogens with zero attached hydrogens (tertiary/aromatic N) is 1. The molecule has 8 heteroatoms. The Kier molecular flexibility index (Phi) is 7.50. The minimum Gasteiger partial charge on any atom is -0.507 e. The van der Waals surface area contributed by atoms with Crippen molar-refractivity contribution in [3.05, 3.63) is 64.7 Å².